The minimum absolute atomic E-state index is 0.763. The van der Waals surface area contributed by atoms with Gasteiger partial charge in [-0.15, -0.1) is 0 Å². The van der Waals surface area contributed by atoms with Crippen molar-refractivity contribution in [2.45, 2.75) is 13.0 Å². The summed E-state index contributed by atoms with van der Waals surface area (Å²) in [5, 5.41) is 4.24. The summed E-state index contributed by atoms with van der Waals surface area (Å²) >= 11 is 1.58. The van der Waals surface area contributed by atoms with Crippen LogP contribution in [0.15, 0.2) is 30.9 Å². The fraction of sp³-hybridized carbons (Fsp3) is 0.333. The van der Waals surface area contributed by atoms with Gasteiger partial charge in [-0.2, -0.15) is 0 Å². The lowest BCUT2D eigenvalue weighted by atomic mass is 10.3. The number of hydrogen-bond acceptors (Lipinski definition) is 6. The van der Waals surface area contributed by atoms with E-state index in [1.807, 2.05) is 24.7 Å². The molecule has 0 aliphatic carbocycles. The number of anilines is 1. The SMILES string of the molecule is COc1ccc(OC)c2sc(NCCCn3ccnc3)nc12. The summed E-state index contributed by atoms with van der Waals surface area (Å²) in [5.74, 6) is 1.58. The zero-order valence-corrected chi connectivity index (χ0v) is 13.4. The van der Waals surface area contributed by atoms with Gasteiger partial charge in [-0.05, 0) is 18.6 Å². The van der Waals surface area contributed by atoms with Crippen LogP contribution in [0.1, 0.15) is 6.42 Å². The number of ether oxygens (including phenoxy) is 2. The second-order valence-electron chi connectivity index (χ2n) is 4.75. The average molecular weight is 318 g/mol. The van der Waals surface area contributed by atoms with Gasteiger partial charge in [0.05, 0.1) is 20.5 Å². The maximum absolute atomic E-state index is 5.39. The van der Waals surface area contributed by atoms with E-state index in [4.69, 9.17) is 9.47 Å². The maximum Gasteiger partial charge on any atom is 0.184 e. The summed E-state index contributed by atoms with van der Waals surface area (Å²) in [6.07, 6.45) is 6.58. The molecule has 3 rings (SSSR count). The van der Waals surface area contributed by atoms with E-state index in [2.05, 4.69) is 19.9 Å². The Labute approximate surface area is 132 Å². The molecule has 0 bridgehead atoms. The molecule has 116 valence electrons. The highest BCUT2D eigenvalue weighted by Crippen LogP contribution is 2.38. The number of methoxy groups -OCH3 is 2. The van der Waals surface area contributed by atoms with Gasteiger partial charge in [0.1, 0.15) is 21.7 Å². The fourth-order valence-electron chi connectivity index (χ4n) is 2.24. The van der Waals surface area contributed by atoms with Crippen LogP contribution < -0.4 is 14.8 Å². The first-order chi connectivity index (χ1) is 10.8. The summed E-state index contributed by atoms with van der Waals surface area (Å²) in [6, 6.07) is 3.78. The Morgan fingerprint density at radius 3 is 2.77 bits per heavy atom. The minimum Gasteiger partial charge on any atom is -0.495 e. The highest BCUT2D eigenvalue weighted by Gasteiger charge is 2.13. The standard InChI is InChI=1S/C15H18N4O2S/c1-20-11-4-5-12(21-2)14-13(11)18-15(22-14)17-6-3-8-19-9-7-16-10-19/h4-5,7,9-10H,3,6,8H2,1-2H3,(H,17,18). The molecule has 2 heterocycles. The normalized spacial score (nSPS) is 10.8. The van der Waals surface area contributed by atoms with Gasteiger partial charge in [0.25, 0.3) is 0 Å². The number of benzene rings is 1. The van der Waals surface area contributed by atoms with Gasteiger partial charge < -0.3 is 19.4 Å². The third-order valence-corrected chi connectivity index (χ3v) is 4.37. The first-order valence-corrected chi connectivity index (χ1v) is 7.84. The van der Waals surface area contributed by atoms with E-state index in [9.17, 15) is 0 Å². The van der Waals surface area contributed by atoms with Crippen LogP contribution in [0.3, 0.4) is 0 Å². The molecule has 0 unspecified atom stereocenters. The van der Waals surface area contributed by atoms with Crippen LogP contribution in [0.4, 0.5) is 5.13 Å². The molecule has 0 fully saturated rings. The second-order valence-corrected chi connectivity index (χ2v) is 5.75. The van der Waals surface area contributed by atoms with Gasteiger partial charge in [-0.3, -0.25) is 0 Å². The lowest BCUT2D eigenvalue weighted by Crippen LogP contribution is -2.05. The predicted molar refractivity (Wildman–Crippen MR) is 88.1 cm³/mol. The van der Waals surface area contributed by atoms with Crippen LogP contribution >= 0.6 is 11.3 Å². The van der Waals surface area contributed by atoms with Crippen LogP contribution in [0.25, 0.3) is 10.2 Å². The number of thiazole rings is 1. The van der Waals surface area contributed by atoms with Gasteiger partial charge in [0, 0.05) is 25.5 Å². The second kappa shape index (κ2) is 6.65. The number of hydrogen-bond donors (Lipinski definition) is 1. The highest BCUT2D eigenvalue weighted by molar-refractivity contribution is 7.22. The molecule has 0 aliphatic rings. The molecule has 1 N–H and O–H groups in total. The topological polar surface area (TPSA) is 61.2 Å². The molecule has 0 atom stereocenters. The summed E-state index contributed by atoms with van der Waals surface area (Å²) in [5.41, 5.74) is 0.837. The third kappa shape index (κ3) is 2.99. The molecule has 0 radical (unpaired) electrons. The minimum atomic E-state index is 0.763. The first kappa shape index (κ1) is 14.6. The number of fused-ring (bicyclic) bond motifs is 1. The molecule has 6 nitrogen and oxygen atoms in total. The van der Waals surface area contributed by atoms with Crippen molar-refractivity contribution in [2.75, 3.05) is 26.1 Å². The lowest BCUT2D eigenvalue weighted by molar-refractivity contribution is 0.410. The average Bonchev–Trinajstić information content (AvgIpc) is 3.19. The van der Waals surface area contributed by atoms with Crippen LogP contribution in [-0.4, -0.2) is 35.3 Å². The Morgan fingerprint density at radius 1 is 1.23 bits per heavy atom. The number of imidazole rings is 1. The van der Waals surface area contributed by atoms with Gasteiger partial charge in [0.15, 0.2) is 5.13 Å². The molecule has 22 heavy (non-hydrogen) atoms. The highest BCUT2D eigenvalue weighted by atomic mass is 32.1. The molecule has 7 heteroatoms. The van der Waals surface area contributed by atoms with Crippen molar-refractivity contribution < 1.29 is 9.47 Å². The third-order valence-electron chi connectivity index (χ3n) is 3.34. The Bertz CT molecular complexity index is 698. The summed E-state index contributed by atoms with van der Waals surface area (Å²) in [4.78, 5) is 8.64. The van der Waals surface area contributed by atoms with E-state index in [0.29, 0.717) is 0 Å². The maximum atomic E-state index is 5.39. The number of aryl methyl sites for hydroxylation is 1. The van der Waals surface area contributed by atoms with Crippen LogP contribution in [0.2, 0.25) is 0 Å². The van der Waals surface area contributed by atoms with Gasteiger partial charge in [-0.1, -0.05) is 11.3 Å². The Balaban J connectivity index is 1.68. The largest absolute Gasteiger partial charge is 0.495 e. The van der Waals surface area contributed by atoms with Crippen molar-refractivity contribution >= 4 is 26.7 Å². The monoisotopic (exact) mass is 318 g/mol. The number of aromatic nitrogens is 3. The van der Waals surface area contributed by atoms with E-state index < -0.39 is 0 Å². The Kier molecular flexibility index (Phi) is 4.43. The Hall–Kier alpha value is -2.28. The van der Waals surface area contributed by atoms with Crippen LogP contribution in [0.5, 0.6) is 11.5 Å². The molecule has 2 aromatic heterocycles. The van der Waals surface area contributed by atoms with Gasteiger partial charge in [0.2, 0.25) is 0 Å². The molecular formula is C15H18N4O2S. The van der Waals surface area contributed by atoms with Crippen molar-refractivity contribution in [1.29, 1.82) is 0 Å². The van der Waals surface area contributed by atoms with Crippen molar-refractivity contribution in [1.82, 2.24) is 14.5 Å². The quantitative estimate of drug-likeness (QED) is 0.679. The Morgan fingerprint density at radius 2 is 2.05 bits per heavy atom. The molecule has 3 aromatic rings. The van der Waals surface area contributed by atoms with Crippen molar-refractivity contribution in [3.63, 3.8) is 0 Å². The number of rotatable bonds is 7. The van der Waals surface area contributed by atoms with Crippen molar-refractivity contribution in [3.05, 3.63) is 30.9 Å². The van der Waals surface area contributed by atoms with E-state index in [-0.39, 0.29) is 0 Å². The lowest BCUT2D eigenvalue weighted by Gasteiger charge is -2.03. The van der Waals surface area contributed by atoms with E-state index in [1.54, 1.807) is 31.8 Å². The molecule has 0 saturated heterocycles. The summed E-state index contributed by atoms with van der Waals surface area (Å²) in [7, 11) is 3.32. The number of nitrogens with one attached hydrogen (secondary N) is 1. The fourth-order valence-corrected chi connectivity index (χ4v) is 3.24. The smallest absolute Gasteiger partial charge is 0.184 e. The predicted octanol–water partition coefficient (Wildman–Crippen LogP) is 3.01. The van der Waals surface area contributed by atoms with E-state index in [1.165, 1.54) is 0 Å². The summed E-state index contributed by atoms with van der Waals surface area (Å²) < 4.78 is 13.8. The zero-order chi connectivity index (χ0) is 15.4. The molecule has 0 saturated carbocycles. The summed E-state index contributed by atoms with van der Waals surface area (Å²) in [6.45, 7) is 1.78. The molecule has 0 spiro atoms. The van der Waals surface area contributed by atoms with Crippen molar-refractivity contribution in [3.8, 4) is 11.5 Å². The van der Waals surface area contributed by atoms with Crippen molar-refractivity contribution in [2.24, 2.45) is 0 Å². The zero-order valence-electron chi connectivity index (χ0n) is 12.6. The number of nitrogens with zero attached hydrogens (tertiary/aromatic N) is 3. The molecular weight excluding hydrogens is 300 g/mol. The molecule has 1 aromatic carbocycles. The van der Waals surface area contributed by atoms with Crippen LogP contribution in [-0.2, 0) is 6.54 Å². The van der Waals surface area contributed by atoms with Gasteiger partial charge in [-0.25, -0.2) is 9.97 Å². The molecule has 0 amide bonds. The first-order valence-electron chi connectivity index (χ1n) is 7.03. The van der Waals surface area contributed by atoms with E-state index >= 15 is 0 Å². The van der Waals surface area contributed by atoms with E-state index in [0.717, 1.165) is 46.4 Å². The van der Waals surface area contributed by atoms with Crippen LogP contribution in [0, 0.1) is 0 Å². The molecule has 0 aliphatic heterocycles. The van der Waals surface area contributed by atoms with Gasteiger partial charge >= 0.3 is 0 Å².